The Morgan fingerprint density at radius 1 is 0.875 bits per heavy atom. The fourth-order valence-electron chi connectivity index (χ4n) is 7.68. The molecule has 4 fully saturated rings. The molecule has 2 N–H and O–H groups in total. The second kappa shape index (κ2) is 5.30. The number of carbonyl (C=O) groups excluding carboxylic acids is 1. The van der Waals surface area contributed by atoms with Crippen LogP contribution in [-0.2, 0) is 4.79 Å². The molecule has 0 bridgehead atoms. The number of aliphatic hydroxyl groups is 2. The third-order valence-electron chi connectivity index (χ3n) is 8.97. The van der Waals surface area contributed by atoms with Gasteiger partial charge in [0.05, 0.1) is 5.60 Å². The molecule has 3 heteroatoms. The first-order chi connectivity index (χ1) is 11.2. The first kappa shape index (κ1) is 17.0. The molecule has 4 aliphatic rings. The van der Waals surface area contributed by atoms with Crippen LogP contribution in [0.1, 0.15) is 78.6 Å². The standard InChI is InChI=1S/C21H34O3/c1-13(22)21(24)11-8-18-17-5-4-14-12-19(2,23)9-6-15(14)16(17)7-10-20(18,21)3/h14-18,23-24H,4-12H2,1-3H3/t14-,15+,16-,17?,18+,19-,20+,21+/m1/s1. The van der Waals surface area contributed by atoms with Crippen LogP contribution >= 0.6 is 0 Å². The van der Waals surface area contributed by atoms with Gasteiger partial charge >= 0.3 is 0 Å². The van der Waals surface area contributed by atoms with Crippen LogP contribution in [0.4, 0.5) is 0 Å². The van der Waals surface area contributed by atoms with Gasteiger partial charge in [0.15, 0.2) is 5.78 Å². The molecule has 1 unspecified atom stereocenters. The van der Waals surface area contributed by atoms with Gasteiger partial charge in [0.25, 0.3) is 0 Å². The topological polar surface area (TPSA) is 57.5 Å². The van der Waals surface area contributed by atoms with Crippen LogP contribution in [0.3, 0.4) is 0 Å². The van der Waals surface area contributed by atoms with E-state index in [9.17, 15) is 15.0 Å². The van der Waals surface area contributed by atoms with E-state index in [0.29, 0.717) is 24.2 Å². The van der Waals surface area contributed by atoms with Crippen LogP contribution < -0.4 is 0 Å². The van der Waals surface area contributed by atoms with Crippen LogP contribution in [-0.4, -0.2) is 27.2 Å². The Bertz CT molecular complexity index is 541. The summed E-state index contributed by atoms with van der Waals surface area (Å²) in [4.78, 5) is 12.2. The average Bonchev–Trinajstić information content (AvgIpc) is 2.79. The predicted molar refractivity (Wildman–Crippen MR) is 93.4 cm³/mol. The largest absolute Gasteiger partial charge is 0.390 e. The number of carbonyl (C=O) groups is 1. The van der Waals surface area contributed by atoms with Gasteiger partial charge in [-0.05, 0) is 101 Å². The summed E-state index contributed by atoms with van der Waals surface area (Å²) in [6.45, 7) is 5.79. The van der Waals surface area contributed by atoms with Crippen molar-refractivity contribution in [3.63, 3.8) is 0 Å². The minimum absolute atomic E-state index is 0.0200. The highest BCUT2D eigenvalue weighted by atomic mass is 16.3. The van der Waals surface area contributed by atoms with Crippen molar-refractivity contribution in [2.75, 3.05) is 0 Å². The molecule has 24 heavy (non-hydrogen) atoms. The minimum Gasteiger partial charge on any atom is -0.390 e. The number of ketones is 1. The fraction of sp³-hybridized carbons (Fsp3) is 0.952. The number of hydrogen-bond acceptors (Lipinski definition) is 3. The molecule has 0 aromatic carbocycles. The van der Waals surface area contributed by atoms with E-state index in [0.717, 1.165) is 43.9 Å². The van der Waals surface area contributed by atoms with Crippen molar-refractivity contribution in [3.8, 4) is 0 Å². The summed E-state index contributed by atoms with van der Waals surface area (Å²) in [5, 5.41) is 21.6. The number of Topliss-reactive ketones (excluding diaryl/α,β-unsaturated/α-hetero) is 1. The number of fused-ring (bicyclic) bond motifs is 5. The molecule has 0 aromatic heterocycles. The van der Waals surface area contributed by atoms with E-state index >= 15 is 0 Å². The third kappa shape index (κ3) is 2.19. The zero-order valence-electron chi connectivity index (χ0n) is 15.6. The van der Waals surface area contributed by atoms with Crippen LogP contribution in [0, 0.1) is 35.0 Å². The molecule has 0 amide bonds. The lowest BCUT2D eigenvalue weighted by atomic mass is 9.48. The summed E-state index contributed by atoms with van der Waals surface area (Å²) in [6, 6.07) is 0. The van der Waals surface area contributed by atoms with Crippen LogP contribution in [0.2, 0.25) is 0 Å². The van der Waals surface area contributed by atoms with E-state index in [4.69, 9.17) is 0 Å². The Morgan fingerprint density at radius 2 is 1.58 bits per heavy atom. The van der Waals surface area contributed by atoms with E-state index in [1.54, 1.807) is 6.92 Å². The molecular formula is C21H34O3. The Kier molecular flexibility index (Phi) is 3.76. The fourth-order valence-corrected chi connectivity index (χ4v) is 7.68. The molecule has 0 aliphatic heterocycles. The maximum absolute atomic E-state index is 12.2. The summed E-state index contributed by atoms with van der Waals surface area (Å²) in [6.07, 6.45) is 9.38. The zero-order valence-corrected chi connectivity index (χ0v) is 15.6. The summed E-state index contributed by atoms with van der Waals surface area (Å²) in [7, 11) is 0. The van der Waals surface area contributed by atoms with Gasteiger partial charge in [0, 0.05) is 5.41 Å². The van der Waals surface area contributed by atoms with E-state index in [-0.39, 0.29) is 11.2 Å². The van der Waals surface area contributed by atoms with Crippen molar-refractivity contribution in [3.05, 3.63) is 0 Å². The van der Waals surface area contributed by atoms with E-state index in [1.807, 2.05) is 6.92 Å². The van der Waals surface area contributed by atoms with Gasteiger partial charge in [-0.15, -0.1) is 0 Å². The summed E-state index contributed by atoms with van der Waals surface area (Å²) >= 11 is 0. The lowest BCUT2D eigenvalue weighted by Crippen LogP contribution is -2.56. The highest BCUT2D eigenvalue weighted by Gasteiger charge is 2.64. The quantitative estimate of drug-likeness (QED) is 0.768. The van der Waals surface area contributed by atoms with Crippen molar-refractivity contribution < 1.29 is 15.0 Å². The van der Waals surface area contributed by atoms with Crippen LogP contribution in [0.5, 0.6) is 0 Å². The predicted octanol–water partition coefficient (Wildman–Crippen LogP) is 3.71. The zero-order chi connectivity index (χ0) is 17.3. The lowest BCUT2D eigenvalue weighted by molar-refractivity contribution is -0.163. The molecule has 4 aliphatic carbocycles. The Morgan fingerprint density at radius 3 is 2.29 bits per heavy atom. The van der Waals surface area contributed by atoms with Crippen molar-refractivity contribution >= 4 is 5.78 Å². The Labute approximate surface area is 146 Å². The summed E-state index contributed by atoms with van der Waals surface area (Å²) < 4.78 is 0. The Hall–Kier alpha value is -0.410. The van der Waals surface area contributed by atoms with Crippen molar-refractivity contribution in [1.82, 2.24) is 0 Å². The van der Waals surface area contributed by atoms with Gasteiger partial charge < -0.3 is 10.2 Å². The average molecular weight is 335 g/mol. The number of hydrogen-bond donors (Lipinski definition) is 2. The molecule has 4 rings (SSSR count). The summed E-state index contributed by atoms with van der Waals surface area (Å²) in [5.74, 6) is 3.38. The van der Waals surface area contributed by atoms with Gasteiger partial charge in [0.2, 0.25) is 0 Å². The summed E-state index contributed by atoms with van der Waals surface area (Å²) in [5.41, 5.74) is -1.76. The van der Waals surface area contributed by atoms with Gasteiger partial charge in [-0.3, -0.25) is 4.79 Å². The molecule has 136 valence electrons. The monoisotopic (exact) mass is 334 g/mol. The highest BCUT2D eigenvalue weighted by Crippen LogP contribution is 2.65. The maximum Gasteiger partial charge on any atom is 0.161 e. The second-order valence-electron chi connectivity index (χ2n) is 10.1. The number of rotatable bonds is 1. The van der Waals surface area contributed by atoms with Crippen molar-refractivity contribution in [1.29, 1.82) is 0 Å². The molecule has 0 saturated heterocycles. The first-order valence-electron chi connectivity index (χ1n) is 10.1. The second-order valence-corrected chi connectivity index (χ2v) is 10.1. The SMILES string of the molecule is CC(=O)[C@@]1(O)CC[C@H]2C3CC[C@@H]4C[C@](C)(O)CC[C@@H]4[C@H]3CC[C@@]21C. The lowest BCUT2D eigenvalue weighted by Gasteiger charge is -2.57. The smallest absolute Gasteiger partial charge is 0.161 e. The van der Waals surface area contributed by atoms with Gasteiger partial charge in [-0.2, -0.15) is 0 Å². The van der Waals surface area contributed by atoms with Crippen LogP contribution in [0.25, 0.3) is 0 Å². The molecule has 4 saturated carbocycles. The van der Waals surface area contributed by atoms with Gasteiger partial charge in [-0.1, -0.05) is 6.92 Å². The van der Waals surface area contributed by atoms with E-state index < -0.39 is 11.2 Å². The van der Waals surface area contributed by atoms with Gasteiger partial charge in [-0.25, -0.2) is 0 Å². The highest BCUT2D eigenvalue weighted by molar-refractivity contribution is 5.86. The normalized spacial score (nSPS) is 57.0. The molecule has 8 atom stereocenters. The van der Waals surface area contributed by atoms with Gasteiger partial charge in [0.1, 0.15) is 5.60 Å². The first-order valence-corrected chi connectivity index (χ1v) is 10.1. The third-order valence-corrected chi connectivity index (χ3v) is 8.97. The molecule has 3 nitrogen and oxygen atoms in total. The Balaban J connectivity index is 1.59. The van der Waals surface area contributed by atoms with E-state index in [2.05, 4.69) is 6.92 Å². The molecular weight excluding hydrogens is 300 g/mol. The van der Waals surface area contributed by atoms with Crippen molar-refractivity contribution in [2.45, 2.75) is 89.8 Å². The molecule has 0 aromatic rings. The molecule has 0 radical (unpaired) electrons. The van der Waals surface area contributed by atoms with Crippen LogP contribution in [0.15, 0.2) is 0 Å². The minimum atomic E-state index is -1.09. The molecule has 0 heterocycles. The van der Waals surface area contributed by atoms with Crippen molar-refractivity contribution in [2.24, 2.45) is 35.0 Å². The van der Waals surface area contributed by atoms with E-state index in [1.165, 1.54) is 19.3 Å². The molecule has 0 spiro atoms. The maximum atomic E-state index is 12.2.